The molecule has 32 heavy (non-hydrogen) atoms. The highest BCUT2D eigenvalue weighted by Crippen LogP contribution is 2.41. The number of unbranched alkanes of at least 4 members (excludes halogenated alkanes) is 1. The Labute approximate surface area is 195 Å². The highest BCUT2D eigenvalue weighted by atomic mass is 35.5. The highest BCUT2D eigenvalue weighted by molar-refractivity contribution is 6.46. The molecule has 0 aliphatic heterocycles. The quantitative estimate of drug-likeness (QED) is 0.362. The molecule has 0 fully saturated rings. The number of imide groups is 1. The molecule has 1 atom stereocenters. The van der Waals surface area contributed by atoms with Crippen molar-refractivity contribution >= 4 is 46.6 Å². The third-order valence-corrected chi connectivity index (χ3v) is 5.27. The van der Waals surface area contributed by atoms with E-state index in [1.165, 1.54) is 17.5 Å². The molecule has 2 aromatic carbocycles. The summed E-state index contributed by atoms with van der Waals surface area (Å²) < 4.78 is 0. The van der Waals surface area contributed by atoms with Gasteiger partial charge in [0.05, 0.1) is 11.8 Å². The van der Waals surface area contributed by atoms with Crippen molar-refractivity contribution < 1.29 is 14.7 Å². The molecule has 2 rings (SSSR count). The molecule has 0 aliphatic rings. The topological polar surface area (TPSA) is 138 Å². The fourth-order valence-corrected chi connectivity index (χ4v) is 3.59. The summed E-state index contributed by atoms with van der Waals surface area (Å²) >= 11 is 12.6. The molecule has 0 heterocycles. The summed E-state index contributed by atoms with van der Waals surface area (Å²) in [7, 11) is 0. The number of carboxylic acid groups (broad SMARTS) is 1. The van der Waals surface area contributed by atoms with Gasteiger partial charge in [-0.25, -0.2) is 4.79 Å². The number of benzene rings is 2. The maximum atomic E-state index is 11.6. The third-order valence-electron chi connectivity index (χ3n) is 4.70. The first-order chi connectivity index (χ1) is 15.3. The number of rotatable bonds is 8. The summed E-state index contributed by atoms with van der Waals surface area (Å²) in [5, 5.41) is 33.8. The summed E-state index contributed by atoms with van der Waals surface area (Å²) in [6.07, 6.45) is 0.618. The van der Waals surface area contributed by atoms with Crippen LogP contribution < -0.4 is 10.7 Å². The van der Waals surface area contributed by atoms with Crippen molar-refractivity contribution in [2.75, 3.05) is 5.43 Å². The molecule has 0 aliphatic carbocycles. The van der Waals surface area contributed by atoms with Gasteiger partial charge in [-0.1, -0.05) is 61.2 Å². The number of amides is 2. The second-order valence-electron chi connectivity index (χ2n) is 6.77. The largest absolute Gasteiger partial charge is 0.465 e. The predicted octanol–water partition coefficient (Wildman–Crippen LogP) is 5.08. The normalized spacial score (nSPS) is 12.7. The van der Waals surface area contributed by atoms with Crippen molar-refractivity contribution in [3.8, 4) is 12.1 Å². The Kier molecular flexibility index (Phi) is 8.60. The van der Waals surface area contributed by atoms with Gasteiger partial charge in [-0.05, 0) is 41.8 Å². The number of nitrogens with one attached hydrogen (secondary N) is 2. The van der Waals surface area contributed by atoms with Gasteiger partial charge >= 0.3 is 6.09 Å². The molecule has 0 spiro atoms. The summed E-state index contributed by atoms with van der Waals surface area (Å²) in [6, 6.07) is 15.8. The van der Waals surface area contributed by atoms with E-state index in [0.717, 1.165) is 18.4 Å². The van der Waals surface area contributed by atoms with E-state index in [4.69, 9.17) is 33.6 Å². The van der Waals surface area contributed by atoms with Crippen LogP contribution in [0.15, 0.2) is 47.6 Å². The number of hydrogen-bond acceptors (Lipinski definition) is 6. The van der Waals surface area contributed by atoms with Crippen molar-refractivity contribution in [1.82, 2.24) is 5.32 Å². The lowest BCUT2D eigenvalue weighted by molar-refractivity contribution is -0.114. The van der Waals surface area contributed by atoms with E-state index in [1.807, 2.05) is 6.92 Å². The van der Waals surface area contributed by atoms with Crippen LogP contribution in [0.1, 0.15) is 37.3 Å². The van der Waals surface area contributed by atoms with Crippen molar-refractivity contribution in [2.45, 2.75) is 31.6 Å². The lowest BCUT2D eigenvalue weighted by atomic mass is 9.72. The van der Waals surface area contributed by atoms with Crippen LogP contribution in [0.25, 0.3) is 0 Å². The number of anilines is 1. The van der Waals surface area contributed by atoms with Gasteiger partial charge in [0, 0.05) is 10.0 Å². The summed E-state index contributed by atoms with van der Waals surface area (Å²) in [6.45, 7) is 2.03. The fourth-order valence-electron chi connectivity index (χ4n) is 3.13. The maximum absolute atomic E-state index is 11.6. The van der Waals surface area contributed by atoms with E-state index >= 15 is 0 Å². The van der Waals surface area contributed by atoms with Crippen molar-refractivity contribution in [3.63, 3.8) is 0 Å². The molecule has 0 radical (unpaired) electrons. The molecule has 0 bridgehead atoms. The van der Waals surface area contributed by atoms with Crippen LogP contribution in [0.4, 0.5) is 10.5 Å². The fraction of sp³-hybridized carbons (Fsp3) is 0.227. The minimum atomic E-state index is -1.60. The average Bonchev–Trinajstić information content (AvgIpc) is 2.76. The molecule has 0 saturated carbocycles. The van der Waals surface area contributed by atoms with Crippen molar-refractivity contribution in [2.24, 2.45) is 5.10 Å². The first-order valence-corrected chi connectivity index (χ1v) is 10.3. The Bertz CT molecular complexity index is 1120. The molecule has 2 amide bonds. The lowest BCUT2D eigenvalue weighted by Crippen LogP contribution is -2.34. The minimum Gasteiger partial charge on any atom is -0.465 e. The van der Waals surface area contributed by atoms with Gasteiger partial charge in [-0.3, -0.25) is 15.5 Å². The summed E-state index contributed by atoms with van der Waals surface area (Å²) in [5.41, 5.74) is 2.52. The first-order valence-electron chi connectivity index (χ1n) is 9.52. The van der Waals surface area contributed by atoms with Gasteiger partial charge in [0.15, 0.2) is 0 Å². The van der Waals surface area contributed by atoms with Crippen LogP contribution >= 0.6 is 23.2 Å². The van der Waals surface area contributed by atoms with E-state index in [1.54, 1.807) is 36.4 Å². The Morgan fingerprint density at radius 2 is 1.84 bits per heavy atom. The van der Waals surface area contributed by atoms with Gasteiger partial charge in [0.2, 0.25) is 5.71 Å². The zero-order chi connectivity index (χ0) is 23.7. The first kappa shape index (κ1) is 24.7. The standard InChI is InChI=1S/C22H19Cl2N5O3/c1-2-3-10-22(13-26,14-4-6-15(23)7-5-14)17-9-8-16(11-18(17)24)28-29-19(12-25)20(30)27-21(31)32/h4-9,11,28H,2-3,10H2,1H3,(H,27,30)(H,31,32)/b29-19+. The minimum absolute atomic E-state index is 0.284. The van der Waals surface area contributed by atoms with E-state index in [0.29, 0.717) is 22.7 Å². The van der Waals surface area contributed by atoms with Crippen LogP contribution in [0.3, 0.4) is 0 Å². The molecular formula is C22H19Cl2N5O3. The monoisotopic (exact) mass is 471 g/mol. The van der Waals surface area contributed by atoms with Crippen molar-refractivity contribution in [3.05, 3.63) is 63.6 Å². The van der Waals surface area contributed by atoms with Gasteiger partial charge < -0.3 is 5.11 Å². The predicted molar refractivity (Wildman–Crippen MR) is 122 cm³/mol. The van der Waals surface area contributed by atoms with Gasteiger partial charge in [0.25, 0.3) is 5.91 Å². The summed E-state index contributed by atoms with van der Waals surface area (Å²) in [5.74, 6) is -1.17. The van der Waals surface area contributed by atoms with Crippen LogP contribution in [0.2, 0.25) is 10.0 Å². The van der Waals surface area contributed by atoms with Crippen LogP contribution in [-0.2, 0) is 10.2 Å². The summed E-state index contributed by atoms with van der Waals surface area (Å²) in [4.78, 5) is 22.2. The molecule has 10 heteroatoms. The number of nitrogens with zero attached hydrogens (tertiary/aromatic N) is 3. The highest BCUT2D eigenvalue weighted by Gasteiger charge is 2.36. The molecule has 0 aromatic heterocycles. The number of carbonyl (C=O) groups excluding carboxylic acids is 1. The van der Waals surface area contributed by atoms with E-state index in [2.05, 4.69) is 16.6 Å². The Balaban J connectivity index is 2.42. The number of hydrogen-bond donors (Lipinski definition) is 3. The molecule has 1 unspecified atom stereocenters. The molecule has 2 aromatic rings. The van der Waals surface area contributed by atoms with Crippen LogP contribution in [-0.4, -0.2) is 22.8 Å². The van der Waals surface area contributed by atoms with Crippen LogP contribution in [0.5, 0.6) is 0 Å². The van der Waals surface area contributed by atoms with Crippen molar-refractivity contribution in [1.29, 1.82) is 10.5 Å². The van der Waals surface area contributed by atoms with E-state index in [9.17, 15) is 14.9 Å². The Morgan fingerprint density at radius 1 is 1.16 bits per heavy atom. The van der Waals surface area contributed by atoms with E-state index in [-0.39, 0.29) is 5.02 Å². The van der Waals surface area contributed by atoms with Gasteiger partial charge in [-0.15, -0.1) is 0 Å². The number of hydrazone groups is 1. The number of halogens is 2. The molecule has 3 N–H and O–H groups in total. The molecular weight excluding hydrogens is 453 g/mol. The second-order valence-corrected chi connectivity index (χ2v) is 7.61. The zero-order valence-electron chi connectivity index (χ0n) is 17.0. The second kappa shape index (κ2) is 11.1. The third kappa shape index (κ3) is 5.76. The lowest BCUT2D eigenvalue weighted by Gasteiger charge is -2.29. The Morgan fingerprint density at radius 3 is 2.38 bits per heavy atom. The zero-order valence-corrected chi connectivity index (χ0v) is 18.5. The molecule has 164 valence electrons. The van der Waals surface area contributed by atoms with E-state index < -0.39 is 23.1 Å². The number of nitriles is 2. The maximum Gasteiger partial charge on any atom is 0.411 e. The molecule has 0 saturated heterocycles. The van der Waals surface area contributed by atoms with Gasteiger partial charge in [-0.2, -0.15) is 15.6 Å². The molecule has 8 nitrogen and oxygen atoms in total. The SMILES string of the molecule is CCCCC(C#N)(c1ccc(Cl)cc1)c1ccc(N/N=C(\C#N)C(=O)NC(=O)O)cc1Cl. The number of carbonyl (C=O) groups is 2. The van der Waals surface area contributed by atoms with Gasteiger partial charge in [0.1, 0.15) is 11.5 Å². The van der Waals surface area contributed by atoms with Crippen LogP contribution in [0, 0.1) is 22.7 Å². The Hall–Kier alpha value is -3.59. The average molecular weight is 472 g/mol. The smallest absolute Gasteiger partial charge is 0.411 e.